The second-order valence-electron chi connectivity index (χ2n) is 7.69. The zero-order chi connectivity index (χ0) is 22.3. The van der Waals surface area contributed by atoms with E-state index in [9.17, 15) is 18.4 Å². The molecule has 164 valence electrons. The summed E-state index contributed by atoms with van der Waals surface area (Å²) in [4.78, 5) is 35.4. The van der Waals surface area contributed by atoms with Gasteiger partial charge in [0.1, 0.15) is 36.0 Å². The molecule has 0 spiro atoms. The number of alkyl halides is 1. The highest BCUT2D eigenvalue weighted by molar-refractivity contribution is 6.01. The maximum absolute atomic E-state index is 13.9. The van der Waals surface area contributed by atoms with Crippen LogP contribution in [0.25, 0.3) is 0 Å². The number of allylic oxidation sites excluding steroid dienone is 4. The molecule has 0 radical (unpaired) electrons. The molecule has 0 aromatic carbocycles. The van der Waals surface area contributed by atoms with Gasteiger partial charge in [-0.25, -0.2) is 23.4 Å². The van der Waals surface area contributed by atoms with Gasteiger partial charge in [0.05, 0.1) is 12.2 Å². The monoisotopic (exact) mass is 431 g/mol. The SMILES string of the molecule is Cc1nc(C)n2c1N(C)C(=O)[C@H](NC(=O)c1ncn(CC3=CC(F)CC=C3F)n1)CC2. The standard InChI is InChI=1S/C20H23F2N7O2/c1-11-19-27(3)20(31)16(6-7-29(19)12(2)24-11)25-18(30)17-23-10-28(26-17)9-13-8-14(21)4-5-15(13)22/h5,8,10,14,16H,4,6-7,9H2,1-3H3,(H,25,30)/t14?,16-/m1/s1. The first kappa shape index (κ1) is 20.9. The van der Waals surface area contributed by atoms with Crippen molar-refractivity contribution in [3.63, 3.8) is 0 Å². The fraction of sp³-hybridized carbons (Fsp3) is 0.450. The summed E-state index contributed by atoms with van der Waals surface area (Å²) < 4.78 is 30.6. The van der Waals surface area contributed by atoms with Crippen LogP contribution in [0.4, 0.5) is 14.6 Å². The second-order valence-corrected chi connectivity index (χ2v) is 7.69. The smallest absolute Gasteiger partial charge is 0.291 e. The lowest BCUT2D eigenvalue weighted by atomic mass is 10.0. The van der Waals surface area contributed by atoms with Gasteiger partial charge in [-0.1, -0.05) is 0 Å². The molecule has 3 heterocycles. The topological polar surface area (TPSA) is 97.9 Å². The van der Waals surface area contributed by atoms with Crippen LogP contribution in [0.1, 0.15) is 35.0 Å². The van der Waals surface area contributed by atoms with Crippen molar-refractivity contribution in [2.45, 2.75) is 52.0 Å². The summed E-state index contributed by atoms with van der Waals surface area (Å²) in [7, 11) is 1.65. The third-order valence-electron chi connectivity index (χ3n) is 5.48. The van der Waals surface area contributed by atoms with Gasteiger partial charge >= 0.3 is 0 Å². The van der Waals surface area contributed by atoms with E-state index in [-0.39, 0.29) is 30.3 Å². The van der Waals surface area contributed by atoms with E-state index in [1.54, 1.807) is 7.05 Å². The first-order chi connectivity index (χ1) is 14.7. The van der Waals surface area contributed by atoms with Crippen LogP contribution in [0.15, 0.2) is 29.9 Å². The fourth-order valence-electron chi connectivity index (χ4n) is 3.96. The van der Waals surface area contributed by atoms with E-state index in [1.807, 2.05) is 18.4 Å². The Bertz CT molecular complexity index is 1100. The van der Waals surface area contributed by atoms with Gasteiger partial charge in [0.15, 0.2) is 0 Å². The number of hydrogen-bond acceptors (Lipinski definition) is 5. The third kappa shape index (κ3) is 3.99. The molecule has 0 saturated carbocycles. The van der Waals surface area contributed by atoms with E-state index in [2.05, 4.69) is 20.4 Å². The van der Waals surface area contributed by atoms with Gasteiger partial charge in [-0.2, -0.15) is 0 Å². The Morgan fingerprint density at radius 2 is 2.13 bits per heavy atom. The number of carbonyl (C=O) groups is 2. The van der Waals surface area contributed by atoms with E-state index >= 15 is 0 Å². The molecule has 1 unspecified atom stereocenters. The fourth-order valence-corrected chi connectivity index (χ4v) is 3.96. The average Bonchev–Trinajstić information content (AvgIpc) is 3.27. The molecule has 31 heavy (non-hydrogen) atoms. The maximum atomic E-state index is 13.9. The molecule has 2 aromatic rings. The molecule has 9 nitrogen and oxygen atoms in total. The molecule has 0 fully saturated rings. The van der Waals surface area contributed by atoms with Crippen LogP contribution in [-0.2, 0) is 17.9 Å². The summed E-state index contributed by atoms with van der Waals surface area (Å²) in [6.45, 7) is 4.18. The molecule has 2 aliphatic rings. The number of aryl methyl sites for hydroxylation is 2. The number of carbonyl (C=O) groups excluding carboxylic acids is 2. The lowest BCUT2D eigenvalue weighted by Crippen LogP contribution is -2.47. The molecule has 4 rings (SSSR count). The lowest BCUT2D eigenvalue weighted by Gasteiger charge is -2.20. The van der Waals surface area contributed by atoms with Crippen molar-refractivity contribution in [2.75, 3.05) is 11.9 Å². The van der Waals surface area contributed by atoms with Crippen LogP contribution < -0.4 is 10.2 Å². The maximum Gasteiger partial charge on any atom is 0.291 e. The number of nitrogens with zero attached hydrogens (tertiary/aromatic N) is 6. The molecule has 11 heteroatoms. The number of fused-ring (bicyclic) bond motifs is 1. The summed E-state index contributed by atoms with van der Waals surface area (Å²) in [6.07, 6.45) is 2.81. The van der Waals surface area contributed by atoms with Crippen LogP contribution in [0.2, 0.25) is 0 Å². The number of hydrogen-bond donors (Lipinski definition) is 1. The number of amides is 2. The summed E-state index contributed by atoms with van der Waals surface area (Å²) in [5, 5.41) is 6.74. The molecule has 2 aromatic heterocycles. The molecule has 2 atom stereocenters. The Labute approximate surface area is 177 Å². The second kappa shape index (κ2) is 8.05. The van der Waals surface area contributed by atoms with Crippen molar-refractivity contribution in [1.29, 1.82) is 0 Å². The van der Waals surface area contributed by atoms with Crippen molar-refractivity contribution in [2.24, 2.45) is 0 Å². The van der Waals surface area contributed by atoms with Gasteiger partial charge in [0.25, 0.3) is 11.8 Å². The number of halogens is 2. The summed E-state index contributed by atoms with van der Waals surface area (Å²) in [6, 6.07) is -0.753. The molecule has 0 saturated heterocycles. The highest BCUT2D eigenvalue weighted by Crippen LogP contribution is 2.26. The summed E-state index contributed by atoms with van der Waals surface area (Å²) in [5.41, 5.74) is 0.895. The summed E-state index contributed by atoms with van der Waals surface area (Å²) in [5.74, 6) is -0.0156. The van der Waals surface area contributed by atoms with E-state index < -0.39 is 23.9 Å². The molecular formula is C20H23F2N7O2. The van der Waals surface area contributed by atoms with Gasteiger partial charge in [-0.3, -0.25) is 14.5 Å². The largest absolute Gasteiger partial charge is 0.337 e. The van der Waals surface area contributed by atoms with E-state index in [1.165, 1.54) is 28.1 Å². The molecule has 1 aliphatic carbocycles. The van der Waals surface area contributed by atoms with E-state index in [0.717, 1.165) is 11.5 Å². The number of imidazole rings is 1. The Morgan fingerprint density at radius 1 is 1.35 bits per heavy atom. The van der Waals surface area contributed by atoms with Gasteiger partial charge in [-0.05, 0) is 32.4 Å². The van der Waals surface area contributed by atoms with Crippen molar-refractivity contribution >= 4 is 17.6 Å². The Hall–Kier alpha value is -3.37. The minimum absolute atomic E-state index is 0.00342. The quantitative estimate of drug-likeness (QED) is 0.796. The molecule has 2 amide bonds. The van der Waals surface area contributed by atoms with Crippen molar-refractivity contribution in [3.8, 4) is 0 Å². The Kier molecular flexibility index (Phi) is 5.42. The van der Waals surface area contributed by atoms with Crippen LogP contribution in [0, 0.1) is 13.8 Å². The number of rotatable bonds is 4. The predicted octanol–water partition coefficient (Wildman–Crippen LogP) is 1.78. The molecule has 1 N–H and O–H groups in total. The highest BCUT2D eigenvalue weighted by Gasteiger charge is 2.32. The first-order valence-electron chi connectivity index (χ1n) is 9.97. The first-order valence-corrected chi connectivity index (χ1v) is 9.97. The van der Waals surface area contributed by atoms with Crippen LogP contribution in [0.5, 0.6) is 0 Å². The predicted molar refractivity (Wildman–Crippen MR) is 108 cm³/mol. The minimum Gasteiger partial charge on any atom is -0.337 e. The highest BCUT2D eigenvalue weighted by atomic mass is 19.1. The average molecular weight is 431 g/mol. The van der Waals surface area contributed by atoms with Crippen LogP contribution in [-0.4, -0.2) is 55.4 Å². The number of nitrogens with one attached hydrogen (secondary N) is 1. The lowest BCUT2D eigenvalue weighted by molar-refractivity contribution is -0.120. The number of likely N-dealkylation sites (N-methyl/N-ethyl adjacent to an activating group) is 1. The number of anilines is 1. The van der Waals surface area contributed by atoms with Crippen molar-refractivity contribution in [1.82, 2.24) is 29.6 Å². The zero-order valence-corrected chi connectivity index (χ0v) is 17.5. The van der Waals surface area contributed by atoms with Crippen molar-refractivity contribution < 1.29 is 18.4 Å². The molecular weight excluding hydrogens is 408 g/mol. The molecule has 0 bridgehead atoms. The van der Waals surface area contributed by atoms with Crippen molar-refractivity contribution in [3.05, 3.63) is 47.2 Å². The van der Waals surface area contributed by atoms with Gasteiger partial charge in [-0.15, -0.1) is 5.10 Å². The van der Waals surface area contributed by atoms with Crippen LogP contribution >= 0.6 is 0 Å². The normalized spacial score (nSPS) is 21.3. The van der Waals surface area contributed by atoms with Gasteiger partial charge < -0.3 is 9.88 Å². The summed E-state index contributed by atoms with van der Waals surface area (Å²) >= 11 is 0. The Balaban J connectivity index is 1.45. The minimum atomic E-state index is -1.25. The number of aromatic nitrogens is 5. The Morgan fingerprint density at radius 3 is 2.90 bits per heavy atom. The van der Waals surface area contributed by atoms with Gasteiger partial charge in [0, 0.05) is 25.6 Å². The van der Waals surface area contributed by atoms with E-state index in [0.29, 0.717) is 18.8 Å². The zero-order valence-electron chi connectivity index (χ0n) is 17.5. The third-order valence-corrected chi connectivity index (χ3v) is 5.48. The van der Waals surface area contributed by atoms with Gasteiger partial charge in [0.2, 0.25) is 5.82 Å². The molecule has 1 aliphatic heterocycles. The van der Waals surface area contributed by atoms with Crippen LogP contribution in [0.3, 0.4) is 0 Å². The van der Waals surface area contributed by atoms with E-state index in [4.69, 9.17) is 0 Å².